The maximum atomic E-state index is 14.2. The van der Waals surface area contributed by atoms with Gasteiger partial charge in [0.1, 0.15) is 5.54 Å². The molecule has 0 saturated carbocycles. The van der Waals surface area contributed by atoms with Crippen molar-refractivity contribution in [2.75, 3.05) is 0 Å². The van der Waals surface area contributed by atoms with E-state index in [1.165, 1.54) is 0 Å². The number of hydrogen-bond donors (Lipinski definition) is 3. The highest BCUT2D eigenvalue weighted by molar-refractivity contribution is 5.92. The summed E-state index contributed by atoms with van der Waals surface area (Å²) in [4.78, 5) is 30.1. The van der Waals surface area contributed by atoms with Crippen LogP contribution in [-0.4, -0.2) is 27.5 Å². The first-order valence-electron chi connectivity index (χ1n) is 13.9. The monoisotopic (exact) mass is 540 g/mol. The van der Waals surface area contributed by atoms with E-state index >= 15 is 0 Å². The summed E-state index contributed by atoms with van der Waals surface area (Å²) in [5, 5.41) is 18.7. The predicted molar refractivity (Wildman–Crippen MR) is 165 cm³/mol. The molecular formula is C36H32N2O3. The Balaban J connectivity index is 1.36. The number of amides is 1. The van der Waals surface area contributed by atoms with Crippen LogP contribution >= 0.6 is 0 Å². The third kappa shape index (κ3) is 5.31. The second-order valence-electron chi connectivity index (χ2n) is 11.0. The Morgan fingerprint density at radius 1 is 0.707 bits per heavy atom. The van der Waals surface area contributed by atoms with Crippen molar-refractivity contribution >= 4 is 44.3 Å². The summed E-state index contributed by atoms with van der Waals surface area (Å²) in [6.45, 7) is 1.60. The van der Waals surface area contributed by atoms with Crippen LogP contribution in [0.1, 0.15) is 23.6 Å². The first kappa shape index (κ1) is 26.3. The summed E-state index contributed by atoms with van der Waals surface area (Å²) in [5.41, 5.74) is 2.43. The summed E-state index contributed by atoms with van der Waals surface area (Å²) in [6.07, 6.45) is 2.97. The molecule has 1 unspecified atom stereocenters. The minimum Gasteiger partial charge on any atom is -0.480 e. The van der Waals surface area contributed by atoms with Crippen molar-refractivity contribution in [1.82, 2.24) is 10.3 Å². The molecule has 5 aromatic carbocycles. The number of aromatic nitrogens is 1. The van der Waals surface area contributed by atoms with Crippen LogP contribution in [0.4, 0.5) is 0 Å². The number of rotatable bonds is 9. The van der Waals surface area contributed by atoms with Gasteiger partial charge in [0, 0.05) is 29.4 Å². The van der Waals surface area contributed by atoms with E-state index in [1.54, 1.807) is 6.92 Å². The van der Waals surface area contributed by atoms with Gasteiger partial charge in [-0.3, -0.25) is 4.79 Å². The highest BCUT2D eigenvalue weighted by Crippen LogP contribution is 2.28. The highest BCUT2D eigenvalue weighted by atomic mass is 16.4. The highest BCUT2D eigenvalue weighted by Gasteiger charge is 2.37. The molecule has 0 fully saturated rings. The first-order valence-corrected chi connectivity index (χ1v) is 13.9. The molecular weight excluding hydrogens is 508 g/mol. The Morgan fingerprint density at radius 3 is 1.80 bits per heavy atom. The SMILES string of the molecule is CC(Cc1c[nH]c2ccccc12)(NC(=O)C(Cc1cccc2ccccc12)Cc1cccc2ccccc12)C(=O)O. The normalized spacial score (nSPS) is 13.0. The van der Waals surface area contributed by atoms with Gasteiger partial charge >= 0.3 is 5.97 Å². The maximum absolute atomic E-state index is 14.2. The van der Waals surface area contributed by atoms with Gasteiger partial charge in [-0.1, -0.05) is 103 Å². The molecule has 0 aliphatic rings. The number of nitrogens with one attached hydrogen (secondary N) is 2. The van der Waals surface area contributed by atoms with Crippen LogP contribution in [0, 0.1) is 5.92 Å². The average molecular weight is 541 g/mol. The molecule has 5 heteroatoms. The van der Waals surface area contributed by atoms with E-state index in [-0.39, 0.29) is 12.3 Å². The van der Waals surface area contributed by atoms with Crippen molar-refractivity contribution < 1.29 is 14.7 Å². The molecule has 6 aromatic rings. The zero-order valence-corrected chi connectivity index (χ0v) is 22.9. The summed E-state index contributed by atoms with van der Waals surface area (Å²) in [7, 11) is 0. The molecule has 41 heavy (non-hydrogen) atoms. The molecule has 204 valence electrons. The zero-order chi connectivity index (χ0) is 28.4. The van der Waals surface area contributed by atoms with Crippen LogP contribution in [0.5, 0.6) is 0 Å². The summed E-state index contributed by atoms with van der Waals surface area (Å²) < 4.78 is 0. The third-order valence-corrected chi connectivity index (χ3v) is 8.15. The Morgan fingerprint density at radius 2 is 1.22 bits per heavy atom. The van der Waals surface area contributed by atoms with Gasteiger partial charge in [0.2, 0.25) is 5.91 Å². The van der Waals surface area contributed by atoms with Gasteiger partial charge in [0.25, 0.3) is 0 Å². The lowest BCUT2D eigenvalue weighted by Gasteiger charge is -2.29. The van der Waals surface area contributed by atoms with Crippen LogP contribution in [-0.2, 0) is 28.9 Å². The Hall–Kier alpha value is -4.90. The molecule has 0 bridgehead atoms. The molecule has 6 rings (SSSR count). The number of H-pyrrole nitrogens is 1. The molecule has 1 amide bonds. The Bertz CT molecular complexity index is 1800. The number of fused-ring (bicyclic) bond motifs is 3. The molecule has 1 atom stereocenters. The van der Waals surface area contributed by atoms with E-state index in [2.05, 4.69) is 58.8 Å². The summed E-state index contributed by atoms with van der Waals surface area (Å²) in [6, 6.07) is 36.4. The van der Waals surface area contributed by atoms with Gasteiger partial charge in [-0.05, 0) is 64.1 Å². The molecule has 1 aromatic heterocycles. The maximum Gasteiger partial charge on any atom is 0.329 e. The topological polar surface area (TPSA) is 82.2 Å². The summed E-state index contributed by atoms with van der Waals surface area (Å²) in [5.74, 6) is -1.81. The van der Waals surface area contributed by atoms with Crippen LogP contribution in [0.2, 0.25) is 0 Å². The molecule has 5 nitrogen and oxygen atoms in total. The lowest BCUT2D eigenvalue weighted by atomic mass is 9.86. The molecule has 0 aliphatic heterocycles. The van der Waals surface area contributed by atoms with E-state index in [9.17, 15) is 14.7 Å². The molecule has 0 spiro atoms. The smallest absolute Gasteiger partial charge is 0.329 e. The van der Waals surface area contributed by atoms with Crippen LogP contribution in [0.25, 0.3) is 32.4 Å². The fourth-order valence-corrected chi connectivity index (χ4v) is 5.94. The molecule has 3 N–H and O–H groups in total. The number of benzene rings is 5. The second kappa shape index (κ2) is 10.9. The number of carbonyl (C=O) groups excluding carboxylic acids is 1. The van der Waals surface area contributed by atoms with Crippen LogP contribution in [0.3, 0.4) is 0 Å². The zero-order valence-electron chi connectivity index (χ0n) is 22.9. The third-order valence-electron chi connectivity index (χ3n) is 8.15. The molecule has 0 aliphatic carbocycles. The largest absolute Gasteiger partial charge is 0.480 e. The van der Waals surface area contributed by atoms with E-state index < -0.39 is 17.4 Å². The van der Waals surface area contributed by atoms with Crippen molar-refractivity contribution in [3.63, 3.8) is 0 Å². The van der Waals surface area contributed by atoms with Gasteiger partial charge in [-0.15, -0.1) is 0 Å². The average Bonchev–Trinajstić information content (AvgIpc) is 3.39. The predicted octanol–water partition coefficient (Wildman–Crippen LogP) is 7.08. The van der Waals surface area contributed by atoms with Gasteiger partial charge in [-0.2, -0.15) is 0 Å². The van der Waals surface area contributed by atoms with Gasteiger partial charge in [0.15, 0.2) is 0 Å². The molecule has 0 saturated heterocycles. The number of carbonyl (C=O) groups is 2. The van der Waals surface area contributed by atoms with Gasteiger partial charge in [0.05, 0.1) is 0 Å². The van der Waals surface area contributed by atoms with Crippen molar-refractivity contribution in [2.45, 2.75) is 31.7 Å². The van der Waals surface area contributed by atoms with Crippen molar-refractivity contribution in [3.8, 4) is 0 Å². The van der Waals surface area contributed by atoms with Crippen LogP contribution in [0.15, 0.2) is 115 Å². The molecule has 0 radical (unpaired) electrons. The van der Waals surface area contributed by atoms with Gasteiger partial charge < -0.3 is 15.4 Å². The number of hydrogen-bond acceptors (Lipinski definition) is 2. The lowest BCUT2D eigenvalue weighted by molar-refractivity contribution is -0.147. The number of carboxylic acid groups (broad SMARTS) is 1. The fourth-order valence-electron chi connectivity index (χ4n) is 5.94. The lowest BCUT2D eigenvalue weighted by Crippen LogP contribution is -2.55. The van der Waals surface area contributed by atoms with Crippen molar-refractivity contribution in [1.29, 1.82) is 0 Å². The van der Waals surface area contributed by atoms with E-state index in [0.29, 0.717) is 12.8 Å². The summed E-state index contributed by atoms with van der Waals surface area (Å²) >= 11 is 0. The first-order chi connectivity index (χ1) is 19.9. The quantitative estimate of drug-likeness (QED) is 0.183. The van der Waals surface area contributed by atoms with E-state index in [4.69, 9.17) is 0 Å². The van der Waals surface area contributed by atoms with Gasteiger partial charge in [-0.25, -0.2) is 4.79 Å². The Labute approximate surface area is 238 Å². The van der Waals surface area contributed by atoms with Crippen molar-refractivity contribution in [2.24, 2.45) is 5.92 Å². The number of aliphatic carboxylic acids is 1. The number of carboxylic acids is 1. The number of para-hydroxylation sites is 1. The van der Waals surface area contributed by atoms with Crippen molar-refractivity contribution in [3.05, 3.63) is 132 Å². The minimum atomic E-state index is -1.49. The second-order valence-corrected chi connectivity index (χ2v) is 11.0. The fraction of sp³-hybridized carbons (Fsp3) is 0.167. The number of aromatic amines is 1. The van der Waals surface area contributed by atoms with E-state index in [0.717, 1.165) is 49.1 Å². The van der Waals surface area contributed by atoms with Crippen LogP contribution < -0.4 is 5.32 Å². The molecule has 1 heterocycles. The standard InChI is InChI=1S/C36H32N2O3/c1-36(35(40)41,22-29-23-37-33-19-7-6-18-32(29)33)38-34(39)28(20-26-14-8-12-24-10-2-4-16-30(24)26)21-27-15-9-13-25-11-3-5-17-31(25)27/h2-19,23,28,37H,20-22H2,1H3,(H,38,39)(H,40,41). The van der Waals surface area contributed by atoms with E-state index in [1.807, 2.05) is 66.9 Å². The minimum absolute atomic E-state index is 0.160. The Kier molecular flexibility index (Phi) is 7.02.